The van der Waals surface area contributed by atoms with Gasteiger partial charge in [-0.2, -0.15) is 0 Å². The number of sulfone groups is 1. The van der Waals surface area contributed by atoms with Crippen molar-refractivity contribution in [2.75, 3.05) is 12.8 Å². The molecule has 0 bridgehead atoms. The van der Waals surface area contributed by atoms with Gasteiger partial charge in [0.25, 0.3) is 0 Å². The van der Waals surface area contributed by atoms with Gasteiger partial charge in [-0.1, -0.05) is 13.0 Å². The van der Waals surface area contributed by atoms with Crippen LogP contribution in [0.25, 0.3) is 11.0 Å². The summed E-state index contributed by atoms with van der Waals surface area (Å²) in [7, 11) is -3.27. The molecule has 2 aromatic rings. The second-order valence-electron chi connectivity index (χ2n) is 5.48. The maximum atomic E-state index is 11.9. The van der Waals surface area contributed by atoms with Crippen LogP contribution in [0, 0.1) is 0 Å². The highest BCUT2D eigenvalue weighted by molar-refractivity contribution is 7.91. The zero-order valence-corrected chi connectivity index (χ0v) is 12.5. The second kappa shape index (κ2) is 4.56. The summed E-state index contributed by atoms with van der Waals surface area (Å²) in [6, 6.07) is 5.24. The molecule has 1 unspecified atom stereocenters. The van der Waals surface area contributed by atoms with E-state index in [0.29, 0.717) is 10.4 Å². The number of imidazole rings is 1. The van der Waals surface area contributed by atoms with Gasteiger partial charge < -0.3 is 10.3 Å². The van der Waals surface area contributed by atoms with E-state index < -0.39 is 9.84 Å². The third-order valence-corrected chi connectivity index (χ3v) is 5.30. The summed E-state index contributed by atoms with van der Waals surface area (Å²) in [6.45, 7) is 3.10. The fourth-order valence-electron chi connectivity index (χ4n) is 3.01. The van der Waals surface area contributed by atoms with Gasteiger partial charge in [-0.05, 0) is 37.9 Å². The topological polar surface area (TPSA) is 74.8 Å². The van der Waals surface area contributed by atoms with Crippen molar-refractivity contribution in [3.8, 4) is 0 Å². The number of benzene rings is 1. The van der Waals surface area contributed by atoms with Gasteiger partial charge in [0.15, 0.2) is 9.84 Å². The monoisotopic (exact) mass is 293 g/mol. The second-order valence-corrected chi connectivity index (χ2v) is 7.46. The van der Waals surface area contributed by atoms with E-state index in [1.54, 1.807) is 12.1 Å². The summed E-state index contributed by atoms with van der Waals surface area (Å²) >= 11 is 0. The largest absolute Gasteiger partial charge is 0.340 e. The summed E-state index contributed by atoms with van der Waals surface area (Å²) in [5, 5.41) is 3.51. The molecule has 0 aliphatic carbocycles. The zero-order chi connectivity index (χ0) is 14.4. The summed E-state index contributed by atoms with van der Waals surface area (Å²) in [4.78, 5) is 8.20. The molecule has 1 atom stereocenters. The van der Waals surface area contributed by atoms with Crippen LogP contribution in [-0.2, 0) is 15.4 Å². The Bertz CT molecular complexity index is 743. The van der Waals surface area contributed by atoms with Crippen LogP contribution in [0.5, 0.6) is 0 Å². The average molecular weight is 293 g/mol. The SMILES string of the molecule is CCC1(c2nc3c(S(C)(=O)=O)cccc3[nH]2)CCCN1. The molecule has 1 saturated heterocycles. The first-order chi connectivity index (χ1) is 9.46. The molecular weight excluding hydrogens is 274 g/mol. The van der Waals surface area contributed by atoms with E-state index in [9.17, 15) is 8.42 Å². The van der Waals surface area contributed by atoms with Gasteiger partial charge in [0.05, 0.1) is 16.0 Å². The third kappa shape index (κ3) is 2.03. The van der Waals surface area contributed by atoms with Crippen molar-refractivity contribution in [1.29, 1.82) is 0 Å². The minimum absolute atomic E-state index is 0.145. The molecule has 0 spiro atoms. The van der Waals surface area contributed by atoms with Crippen molar-refractivity contribution in [1.82, 2.24) is 15.3 Å². The van der Waals surface area contributed by atoms with Crippen LogP contribution in [0.1, 0.15) is 32.0 Å². The molecule has 2 heterocycles. The summed E-state index contributed by atoms with van der Waals surface area (Å²) in [5.74, 6) is 0.851. The van der Waals surface area contributed by atoms with Crippen molar-refractivity contribution >= 4 is 20.9 Å². The summed E-state index contributed by atoms with van der Waals surface area (Å²) < 4.78 is 23.7. The van der Waals surface area contributed by atoms with Crippen molar-refractivity contribution in [3.63, 3.8) is 0 Å². The van der Waals surface area contributed by atoms with Crippen molar-refractivity contribution in [2.24, 2.45) is 0 Å². The number of nitrogens with one attached hydrogen (secondary N) is 2. The highest BCUT2D eigenvalue weighted by atomic mass is 32.2. The minimum Gasteiger partial charge on any atom is -0.340 e. The quantitative estimate of drug-likeness (QED) is 0.907. The fourth-order valence-corrected chi connectivity index (χ4v) is 3.84. The molecule has 108 valence electrons. The van der Waals surface area contributed by atoms with Crippen molar-refractivity contribution in [3.05, 3.63) is 24.0 Å². The van der Waals surface area contributed by atoms with Crippen LogP contribution >= 0.6 is 0 Å². The first kappa shape index (κ1) is 13.6. The zero-order valence-electron chi connectivity index (χ0n) is 11.7. The van der Waals surface area contributed by atoms with Crippen molar-refractivity contribution in [2.45, 2.75) is 36.6 Å². The highest BCUT2D eigenvalue weighted by Crippen LogP contribution is 2.34. The lowest BCUT2D eigenvalue weighted by molar-refractivity contribution is 0.356. The lowest BCUT2D eigenvalue weighted by atomic mass is 9.93. The number of aromatic amines is 1. The number of aromatic nitrogens is 2. The van der Waals surface area contributed by atoms with Crippen LogP contribution in [0.3, 0.4) is 0 Å². The van der Waals surface area contributed by atoms with Gasteiger partial charge in [-0.25, -0.2) is 13.4 Å². The van der Waals surface area contributed by atoms with E-state index in [-0.39, 0.29) is 5.54 Å². The smallest absolute Gasteiger partial charge is 0.177 e. The fraction of sp³-hybridized carbons (Fsp3) is 0.500. The predicted molar refractivity (Wildman–Crippen MR) is 78.4 cm³/mol. The van der Waals surface area contributed by atoms with Gasteiger partial charge in [-0.3, -0.25) is 0 Å². The van der Waals surface area contributed by atoms with E-state index in [0.717, 1.165) is 37.1 Å². The third-order valence-electron chi connectivity index (χ3n) is 4.18. The van der Waals surface area contributed by atoms with Crippen LogP contribution in [0.4, 0.5) is 0 Å². The minimum atomic E-state index is -3.27. The molecular formula is C14H19N3O2S. The molecule has 1 aromatic carbocycles. The van der Waals surface area contributed by atoms with Crippen LogP contribution in [0.15, 0.2) is 23.1 Å². The maximum Gasteiger partial charge on any atom is 0.177 e. The lowest BCUT2D eigenvalue weighted by Crippen LogP contribution is -2.37. The van der Waals surface area contributed by atoms with Gasteiger partial charge in [0.2, 0.25) is 0 Å². The lowest BCUT2D eigenvalue weighted by Gasteiger charge is -2.25. The van der Waals surface area contributed by atoms with E-state index in [4.69, 9.17) is 0 Å². The first-order valence-electron chi connectivity index (χ1n) is 6.90. The van der Waals surface area contributed by atoms with E-state index in [1.807, 2.05) is 6.07 Å². The number of rotatable bonds is 3. The Kier molecular flexibility index (Phi) is 3.10. The van der Waals surface area contributed by atoms with Crippen LogP contribution in [-0.4, -0.2) is 31.2 Å². The Morgan fingerprint density at radius 2 is 2.20 bits per heavy atom. The summed E-state index contributed by atoms with van der Waals surface area (Å²) in [6.07, 6.45) is 4.29. The Morgan fingerprint density at radius 3 is 2.80 bits per heavy atom. The number of fused-ring (bicyclic) bond motifs is 1. The van der Waals surface area contributed by atoms with E-state index in [2.05, 4.69) is 22.2 Å². The highest BCUT2D eigenvalue weighted by Gasteiger charge is 2.36. The molecule has 1 fully saturated rings. The number of hydrogen-bond acceptors (Lipinski definition) is 4. The molecule has 6 heteroatoms. The average Bonchev–Trinajstić information content (AvgIpc) is 3.04. The number of hydrogen-bond donors (Lipinski definition) is 2. The normalized spacial score (nSPS) is 23.5. The molecule has 20 heavy (non-hydrogen) atoms. The molecule has 1 aliphatic heterocycles. The van der Waals surface area contributed by atoms with E-state index >= 15 is 0 Å². The molecule has 0 amide bonds. The number of nitrogens with zero attached hydrogens (tertiary/aromatic N) is 1. The van der Waals surface area contributed by atoms with Crippen molar-refractivity contribution < 1.29 is 8.42 Å². The maximum absolute atomic E-state index is 11.9. The van der Waals surface area contributed by atoms with Gasteiger partial charge in [-0.15, -0.1) is 0 Å². The molecule has 5 nitrogen and oxygen atoms in total. The molecule has 3 rings (SSSR count). The van der Waals surface area contributed by atoms with E-state index in [1.165, 1.54) is 6.26 Å². The number of para-hydroxylation sites is 1. The molecule has 0 saturated carbocycles. The molecule has 1 aliphatic rings. The Hall–Kier alpha value is -1.40. The summed E-state index contributed by atoms with van der Waals surface area (Å²) in [5.41, 5.74) is 1.18. The Morgan fingerprint density at radius 1 is 1.40 bits per heavy atom. The molecule has 2 N–H and O–H groups in total. The van der Waals surface area contributed by atoms with Crippen LogP contribution in [0.2, 0.25) is 0 Å². The number of H-pyrrole nitrogens is 1. The first-order valence-corrected chi connectivity index (χ1v) is 8.80. The molecule has 0 radical (unpaired) electrons. The van der Waals surface area contributed by atoms with Gasteiger partial charge in [0.1, 0.15) is 11.3 Å². The van der Waals surface area contributed by atoms with Gasteiger partial charge in [0, 0.05) is 6.26 Å². The standard InChI is InChI=1S/C14H19N3O2S/c1-3-14(8-5-9-15-14)13-16-10-6-4-7-11(12(10)17-13)20(2,18)19/h4,6-7,15H,3,5,8-9H2,1-2H3,(H,16,17). The van der Waals surface area contributed by atoms with Gasteiger partial charge >= 0.3 is 0 Å². The Labute approximate surface area is 118 Å². The predicted octanol–water partition coefficient (Wildman–Crippen LogP) is 1.96. The Balaban J connectivity index is 2.21. The molecule has 1 aromatic heterocycles. The van der Waals surface area contributed by atoms with Crippen LogP contribution < -0.4 is 5.32 Å².